The van der Waals surface area contributed by atoms with Gasteiger partial charge in [0, 0.05) is 12.0 Å². The Morgan fingerprint density at radius 3 is 2.20 bits per heavy atom. The van der Waals surface area contributed by atoms with Crippen LogP contribution in [-0.4, -0.2) is 5.78 Å². The van der Waals surface area contributed by atoms with Crippen LogP contribution in [0.25, 0.3) is 0 Å². The Kier molecular flexibility index (Phi) is 5.11. The molecule has 2 rings (SSSR count). The van der Waals surface area contributed by atoms with Gasteiger partial charge in [-0.2, -0.15) is 0 Å². The van der Waals surface area contributed by atoms with Crippen LogP contribution in [0.3, 0.4) is 0 Å². The highest BCUT2D eigenvalue weighted by Crippen LogP contribution is 2.16. The van der Waals surface area contributed by atoms with Gasteiger partial charge < -0.3 is 0 Å². The molecular formula is C19H22O. The second-order valence-corrected chi connectivity index (χ2v) is 5.54. The summed E-state index contributed by atoms with van der Waals surface area (Å²) in [7, 11) is 0. The maximum absolute atomic E-state index is 12.1. The maximum Gasteiger partial charge on any atom is 0.162 e. The number of hydrogen-bond donors (Lipinski definition) is 0. The van der Waals surface area contributed by atoms with Gasteiger partial charge >= 0.3 is 0 Å². The summed E-state index contributed by atoms with van der Waals surface area (Å²) < 4.78 is 0. The molecule has 0 fully saturated rings. The molecule has 2 aromatic rings. The first kappa shape index (κ1) is 14.5. The van der Waals surface area contributed by atoms with Crippen LogP contribution in [-0.2, 0) is 6.42 Å². The van der Waals surface area contributed by atoms with Crippen molar-refractivity contribution in [2.45, 2.75) is 39.0 Å². The first-order valence-electron chi connectivity index (χ1n) is 7.34. The summed E-state index contributed by atoms with van der Waals surface area (Å²) in [5.41, 5.74) is 3.42. The third-order valence-corrected chi connectivity index (χ3v) is 3.61. The molecule has 0 saturated heterocycles. The van der Waals surface area contributed by atoms with Gasteiger partial charge in [-0.25, -0.2) is 0 Å². The van der Waals surface area contributed by atoms with Crippen LogP contribution in [0.15, 0.2) is 54.6 Å². The normalized spacial score (nSPS) is 10.8. The van der Waals surface area contributed by atoms with Crippen LogP contribution >= 0.6 is 0 Å². The standard InChI is InChI=1S/C19H22O/c1-15(2)17-11-13-18(14-12-17)19(20)10-6-9-16-7-4-3-5-8-16/h3-5,7-8,11-15H,6,9-10H2,1-2H3. The van der Waals surface area contributed by atoms with Crippen molar-refractivity contribution in [3.8, 4) is 0 Å². The average Bonchev–Trinajstić information content (AvgIpc) is 2.48. The number of aryl methyl sites for hydroxylation is 1. The molecular weight excluding hydrogens is 244 g/mol. The summed E-state index contributed by atoms with van der Waals surface area (Å²) in [6.45, 7) is 4.33. The fourth-order valence-corrected chi connectivity index (χ4v) is 2.30. The second-order valence-electron chi connectivity index (χ2n) is 5.54. The van der Waals surface area contributed by atoms with E-state index in [4.69, 9.17) is 0 Å². The molecule has 1 heteroatoms. The zero-order valence-corrected chi connectivity index (χ0v) is 12.3. The Morgan fingerprint density at radius 2 is 1.60 bits per heavy atom. The smallest absolute Gasteiger partial charge is 0.162 e. The van der Waals surface area contributed by atoms with Crippen LogP contribution in [0, 0.1) is 0 Å². The van der Waals surface area contributed by atoms with Gasteiger partial charge in [0.15, 0.2) is 5.78 Å². The summed E-state index contributed by atoms with van der Waals surface area (Å²) in [5, 5.41) is 0. The summed E-state index contributed by atoms with van der Waals surface area (Å²) >= 11 is 0. The summed E-state index contributed by atoms with van der Waals surface area (Å²) in [6.07, 6.45) is 2.50. The third kappa shape index (κ3) is 4.06. The van der Waals surface area contributed by atoms with Crippen molar-refractivity contribution >= 4 is 5.78 Å². The lowest BCUT2D eigenvalue weighted by Gasteiger charge is -2.06. The van der Waals surface area contributed by atoms with E-state index in [0.29, 0.717) is 12.3 Å². The summed E-state index contributed by atoms with van der Waals surface area (Å²) in [5.74, 6) is 0.758. The Balaban J connectivity index is 1.85. The molecule has 20 heavy (non-hydrogen) atoms. The number of ketones is 1. The zero-order chi connectivity index (χ0) is 14.4. The monoisotopic (exact) mass is 266 g/mol. The molecule has 0 unspecified atom stereocenters. The Morgan fingerprint density at radius 1 is 0.950 bits per heavy atom. The predicted octanol–water partition coefficient (Wildman–Crippen LogP) is 5.02. The topological polar surface area (TPSA) is 17.1 Å². The van der Waals surface area contributed by atoms with E-state index in [1.165, 1.54) is 11.1 Å². The minimum absolute atomic E-state index is 0.247. The van der Waals surface area contributed by atoms with E-state index in [0.717, 1.165) is 18.4 Å². The molecule has 1 nitrogen and oxygen atoms in total. The lowest BCUT2D eigenvalue weighted by molar-refractivity contribution is 0.0980. The van der Waals surface area contributed by atoms with Gasteiger partial charge in [0.05, 0.1) is 0 Å². The average molecular weight is 266 g/mol. The molecule has 0 N–H and O–H groups in total. The van der Waals surface area contributed by atoms with E-state index < -0.39 is 0 Å². The second kappa shape index (κ2) is 7.04. The van der Waals surface area contributed by atoms with Crippen molar-refractivity contribution < 1.29 is 4.79 Å². The predicted molar refractivity (Wildman–Crippen MR) is 84.2 cm³/mol. The number of benzene rings is 2. The molecule has 0 spiro atoms. The van der Waals surface area contributed by atoms with E-state index in [9.17, 15) is 4.79 Å². The molecule has 0 amide bonds. The lowest BCUT2D eigenvalue weighted by atomic mass is 9.98. The van der Waals surface area contributed by atoms with E-state index in [-0.39, 0.29) is 5.78 Å². The van der Waals surface area contributed by atoms with E-state index in [1.54, 1.807) is 0 Å². The zero-order valence-electron chi connectivity index (χ0n) is 12.3. The Hall–Kier alpha value is -1.89. The number of rotatable bonds is 6. The van der Waals surface area contributed by atoms with Gasteiger partial charge in [0.1, 0.15) is 0 Å². The number of hydrogen-bond acceptors (Lipinski definition) is 1. The number of Topliss-reactive ketones (excluding diaryl/α,β-unsaturated/α-hetero) is 1. The molecule has 104 valence electrons. The van der Waals surface area contributed by atoms with E-state index in [1.807, 2.05) is 30.3 Å². The number of carbonyl (C=O) groups is 1. The quantitative estimate of drug-likeness (QED) is 0.671. The molecule has 0 bridgehead atoms. The van der Waals surface area contributed by atoms with Crippen molar-refractivity contribution in [1.29, 1.82) is 0 Å². The highest BCUT2D eigenvalue weighted by molar-refractivity contribution is 5.96. The van der Waals surface area contributed by atoms with Gasteiger partial charge in [0.25, 0.3) is 0 Å². The van der Waals surface area contributed by atoms with Gasteiger partial charge in [-0.3, -0.25) is 4.79 Å². The molecule has 2 aromatic carbocycles. The highest BCUT2D eigenvalue weighted by Gasteiger charge is 2.06. The molecule has 0 atom stereocenters. The van der Waals surface area contributed by atoms with Gasteiger partial charge in [-0.05, 0) is 29.9 Å². The molecule has 0 radical (unpaired) electrons. The van der Waals surface area contributed by atoms with Crippen molar-refractivity contribution in [2.24, 2.45) is 0 Å². The van der Waals surface area contributed by atoms with Crippen LogP contribution in [0.5, 0.6) is 0 Å². The van der Waals surface area contributed by atoms with Crippen molar-refractivity contribution in [3.63, 3.8) is 0 Å². The van der Waals surface area contributed by atoms with Crippen LogP contribution in [0.1, 0.15) is 54.1 Å². The SMILES string of the molecule is CC(C)c1ccc(C(=O)CCCc2ccccc2)cc1. The molecule has 0 aliphatic rings. The summed E-state index contributed by atoms with van der Waals surface area (Å²) in [4.78, 5) is 12.1. The van der Waals surface area contributed by atoms with Crippen molar-refractivity contribution in [1.82, 2.24) is 0 Å². The van der Waals surface area contributed by atoms with Crippen LogP contribution in [0.2, 0.25) is 0 Å². The van der Waals surface area contributed by atoms with Gasteiger partial charge in [0.2, 0.25) is 0 Å². The third-order valence-electron chi connectivity index (χ3n) is 3.61. The van der Waals surface area contributed by atoms with Crippen LogP contribution < -0.4 is 0 Å². The lowest BCUT2D eigenvalue weighted by Crippen LogP contribution is -2.00. The molecule has 0 aromatic heterocycles. The summed E-state index contributed by atoms with van der Waals surface area (Å²) in [6, 6.07) is 18.4. The van der Waals surface area contributed by atoms with Crippen LogP contribution in [0.4, 0.5) is 0 Å². The minimum atomic E-state index is 0.247. The highest BCUT2D eigenvalue weighted by atomic mass is 16.1. The van der Waals surface area contributed by atoms with E-state index in [2.05, 4.69) is 38.1 Å². The molecule has 0 aliphatic heterocycles. The Labute approximate surface area is 121 Å². The van der Waals surface area contributed by atoms with Crippen molar-refractivity contribution in [3.05, 3.63) is 71.3 Å². The van der Waals surface area contributed by atoms with Gasteiger partial charge in [-0.1, -0.05) is 68.4 Å². The first-order valence-corrected chi connectivity index (χ1v) is 7.34. The molecule has 0 heterocycles. The maximum atomic E-state index is 12.1. The van der Waals surface area contributed by atoms with E-state index >= 15 is 0 Å². The van der Waals surface area contributed by atoms with Gasteiger partial charge in [-0.15, -0.1) is 0 Å². The fraction of sp³-hybridized carbons (Fsp3) is 0.316. The molecule has 0 saturated carbocycles. The minimum Gasteiger partial charge on any atom is -0.294 e. The molecule has 0 aliphatic carbocycles. The Bertz CT molecular complexity index is 538. The largest absolute Gasteiger partial charge is 0.294 e. The number of carbonyl (C=O) groups excluding carboxylic acids is 1. The fourth-order valence-electron chi connectivity index (χ4n) is 2.30. The first-order chi connectivity index (χ1) is 9.66. The van der Waals surface area contributed by atoms with Crippen molar-refractivity contribution in [2.75, 3.05) is 0 Å².